The lowest BCUT2D eigenvalue weighted by atomic mass is 9.78. The summed E-state index contributed by atoms with van der Waals surface area (Å²) in [4.78, 5) is 0. The molecule has 1 aliphatic carbocycles. The van der Waals surface area contributed by atoms with Crippen LogP contribution in [0.5, 0.6) is 11.5 Å². The first kappa shape index (κ1) is 15.7. The van der Waals surface area contributed by atoms with E-state index in [1.165, 1.54) is 18.4 Å². The summed E-state index contributed by atoms with van der Waals surface area (Å²) in [5.41, 5.74) is 1.67. The molecule has 0 spiro atoms. The molecule has 0 bridgehead atoms. The van der Waals surface area contributed by atoms with Crippen LogP contribution in [0.2, 0.25) is 0 Å². The molecule has 25 heavy (non-hydrogen) atoms. The predicted molar refractivity (Wildman–Crippen MR) is 92.8 cm³/mol. The van der Waals surface area contributed by atoms with Crippen LogP contribution in [-0.4, -0.2) is 30.0 Å². The zero-order valence-electron chi connectivity index (χ0n) is 14.0. The second-order valence-corrected chi connectivity index (χ2v) is 6.62. The minimum absolute atomic E-state index is 0.0609. The van der Waals surface area contributed by atoms with Gasteiger partial charge in [0, 0.05) is 12.0 Å². The summed E-state index contributed by atoms with van der Waals surface area (Å²) >= 11 is 0. The van der Waals surface area contributed by atoms with E-state index in [2.05, 4.69) is 27.6 Å². The Kier molecular flexibility index (Phi) is 4.14. The lowest BCUT2D eigenvalue weighted by Gasteiger charge is -2.31. The van der Waals surface area contributed by atoms with Gasteiger partial charge in [0.25, 0.3) is 0 Å². The summed E-state index contributed by atoms with van der Waals surface area (Å²) in [6.45, 7) is 1.99. The first-order valence-electron chi connectivity index (χ1n) is 8.67. The summed E-state index contributed by atoms with van der Waals surface area (Å²) in [7, 11) is 0. The fourth-order valence-corrected chi connectivity index (χ4v) is 3.74. The number of ether oxygens (including phenoxy) is 2. The summed E-state index contributed by atoms with van der Waals surface area (Å²) in [6.07, 6.45) is 4.69. The van der Waals surface area contributed by atoms with Crippen LogP contribution < -0.4 is 14.8 Å². The predicted octanol–water partition coefficient (Wildman–Crippen LogP) is 3.04. The van der Waals surface area contributed by atoms with E-state index < -0.39 is 0 Å². The van der Waals surface area contributed by atoms with Gasteiger partial charge in [-0.3, -0.25) is 0 Å². The maximum Gasteiger partial charge on any atom is 0.163 e. The Hall–Kier alpha value is -2.81. The van der Waals surface area contributed by atoms with Crippen LogP contribution >= 0.6 is 0 Å². The van der Waals surface area contributed by atoms with Crippen molar-refractivity contribution >= 4 is 5.82 Å². The average molecular weight is 336 g/mol. The number of nitriles is 1. The molecule has 0 radical (unpaired) electrons. The smallest absolute Gasteiger partial charge is 0.163 e. The fourth-order valence-electron chi connectivity index (χ4n) is 3.74. The molecular formula is C19H20N4O2. The highest BCUT2D eigenvalue weighted by molar-refractivity contribution is 5.47. The molecule has 0 unspecified atom stereocenters. The van der Waals surface area contributed by atoms with Crippen LogP contribution in [0.1, 0.15) is 36.9 Å². The van der Waals surface area contributed by atoms with Crippen LogP contribution in [-0.2, 0) is 5.41 Å². The third-order valence-electron chi connectivity index (χ3n) is 5.10. The van der Waals surface area contributed by atoms with Crippen molar-refractivity contribution in [2.75, 3.05) is 25.1 Å². The maximum atomic E-state index is 8.82. The monoisotopic (exact) mass is 336 g/mol. The minimum atomic E-state index is 0.0609. The lowest BCUT2D eigenvalue weighted by molar-refractivity contribution is 0.171. The lowest BCUT2D eigenvalue weighted by Crippen LogP contribution is -2.32. The molecular weight excluding hydrogens is 316 g/mol. The Morgan fingerprint density at radius 1 is 1.04 bits per heavy atom. The Morgan fingerprint density at radius 2 is 1.84 bits per heavy atom. The van der Waals surface area contributed by atoms with E-state index in [4.69, 9.17) is 14.7 Å². The molecule has 1 fully saturated rings. The standard InChI is InChI=1S/C19H20N4O2/c20-12-15-4-6-18(23-22-15)21-13-19(7-1-2-8-19)14-3-5-16-17(11-14)25-10-9-24-16/h3-6,11H,1-2,7-10,13H2,(H,21,23). The number of rotatable bonds is 4. The van der Waals surface area contributed by atoms with Gasteiger partial charge in [0.1, 0.15) is 25.1 Å². The normalized spacial score (nSPS) is 17.7. The van der Waals surface area contributed by atoms with Crippen molar-refractivity contribution in [2.45, 2.75) is 31.1 Å². The maximum absolute atomic E-state index is 8.82. The molecule has 1 aromatic carbocycles. The quantitative estimate of drug-likeness (QED) is 0.924. The highest BCUT2D eigenvalue weighted by Crippen LogP contribution is 2.44. The van der Waals surface area contributed by atoms with E-state index in [1.807, 2.05) is 12.1 Å². The molecule has 2 aromatic rings. The first-order valence-corrected chi connectivity index (χ1v) is 8.67. The third kappa shape index (κ3) is 3.10. The number of hydrogen-bond donors (Lipinski definition) is 1. The fraction of sp³-hybridized carbons (Fsp3) is 0.421. The summed E-state index contributed by atoms with van der Waals surface area (Å²) < 4.78 is 11.4. The van der Waals surface area contributed by atoms with Gasteiger partial charge in [-0.05, 0) is 42.7 Å². The van der Waals surface area contributed by atoms with Crippen molar-refractivity contribution in [3.05, 3.63) is 41.6 Å². The van der Waals surface area contributed by atoms with Crippen molar-refractivity contribution in [1.29, 1.82) is 5.26 Å². The minimum Gasteiger partial charge on any atom is -0.486 e. The Labute approximate surface area is 146 Å². The molecule has 1 saturated carbocycles. The van der Waals surface area contributed by atoms with Crippen LogP contribution in [0.25, 0.3) is 0 Å². The van der Waals surface area contributed by atoms with Crippen molar-refractivity contribution in [1.82, 2.24) is 10.2 Å². The number of benzene rings is 1. The van der Waals surface area contributed by atoms with Crippen LogP contribution in [0, 0.1) is 11.3 Å². The van der Waals surface area contributed by atoms with Gasteiger partial charge in [-0.1, -0.05) is 18.9 Å². The van der Waals surface area contributed by atoms with E-state index in [1.54, 1.807) is 12.1 Å². The van der Waals surface area contributed by atoms with Gasteiger partial charge < -0.3 is 14.8 Å². The number of nitrogens with one attached hydrogen (secondary N) is 1. The van der Waals surface area contributed by atoms with Crippen molar-refractivity contribution < 1.29 is 9.47 Å². The van der Waals surface area contributed by atoms with E-state index >= 15 is 0 Å². The Bertz CT molecular complexity index is 792. The number of aromatic nitrogens is 2. The largest absolute Gasteiger partial charge is 0.486 e. The summed E-state index contributed by atoms with van der Waals surface area (Å²) in [5.74, 6) is 2.37. The number of nitrogens with zero attached hydrogens (tertiary/aromatic N) is 3. The van der Waals surface area contributed by atoms with Gasteiger partial charge in [-0.15, -0.1) is 10.2 Å². The molecule has 6 heteroatoms. The van der Waals surface area contributed by atoms with Crippen molar-refractivity contribution in [3.63, 3.8) is 0 Å². The molecule has 2 aliphatic rings. The van der Waals surface area contributed by atoms with Crippen LogP contribution in [0.15, 0.2) is 30.3 Å². The van der Waals surface area contributed by atoms with E-state index in [-0.39, 0.29) is 5.41 Å². The zero-order valence-corrected chi connectivity index (χ0v) is 14.0. The van der Waals surface area contributed by atoms with E-state index in [0.717, 1.165) is 30.9 Å². The van der Waals surface area contributed by atoms with Gasteiger partial charge in [-0.25, -0.2) is 0 Å². The SMILES string of the molecule is N#Cc1ccc(NCC2(c3ccc4c(c3)OCCO4)CCCC2)nn1. The van der Waals surface area contributed by atoms with Crippen molar-refractivity contribution in [3.8, 4) is 17.6 Å². The topological polar surface area (TPSA) is 80.1 Å². The molecule has 0 amide bonds. The molecule has 2 heterocycles. The van der Waals surface area contributed by atoms with Gasteiger partial charge in [0.15, 0.2) is 17.2 Å². The number of fused-ring (bicyclic) bond motifs is 1. The van der Waals surface area contributed by atoms with Crippen LogP contribution in [0.3, 0.4) is 0 Å². The molecule has 0 saturated heterocycles. The Morgan fingerprint density at radius 3 is 2.56 bits per heavy atom. The zero-order chi connectivity index (χ0) is 17.1. The highest BCUT2D eigenvalue weighted by atomic mass is 16.6. The van der Waals surface area contributed by atoms with Crippen molar-refractivity contribution in [2.24, 2.45) is 0 Å². The Balaban J connectivity index is 1.56. The second kappa shape index (κ2) is 6.60. The van der Waals surface area contributed by atoms with Gasteiger partial charge >= 0.3 is 0 Å². The molecule has 1 aliphatic heterocycles. The van der Waals surface area contributed by atoms with Gasteiger partial charge in [0.2, 0.25) is 0 Å². The molecule has 1 aromatic heterocycles. The molecule has 0 atom stereocenters. The molecule has 6 nitrogen and oxygen atoms in total. The van der Waals surface area contributed by atoms with Gasteiger partial charge in [0.05, 0.1) is 0 Å². The average Bonchev–Trinajstić information content (AvgIpc) is 3.16. The molecule has 1 N–H and O–H groups in total. The first-order chi connectivity index (χ1) is 12.3. The molecule has 4 rings (SSSR count). The molecule has 128 valence electrons. The third-order valence-corrected chi connectivity index (χ3v) is 5.10. The number of anilines is 1. The van der Waals surface area contributed by atoms with Gasteiger partial charge in [-0.2, -0.15) is 5.26 Å². The van der Waals surface area contributed by atoms with Crippen LogP contribution in [0.4, 0.5) is 5.82 Å². The highest BCUT2D eigenvalue weighted by Gasteiger charge is 2.36. The van der Waals surface area contributed by atoms with E-state index in [9.17, 15) is 0 Å². The number of hydrogen-bond acceptors (Lipinski definition) is 6. The summed E-state index contributed by atoms with van der Waals surface area (Å²) in [5, 5.41) is 20.2. The van der Waals surface area contributed by atoms with E-state index in [0.29, 0.717) is 24.7 Å². The summed E-state index contributed by atoms with van der Waals surface area (Å²) in [6, 6.07) is 11.8. The second-order valence-electron chi connectivity index (χ2n) is 6.62.